The number of hydrogen-bond acceptors (Lipinski definition) is 6. The Labute approximate surface area is 120 Å². The SMILES string of the molecule is Cc1ncc2c(n1)NC(=O)C2c1nn(C(C)C)c(=S)o1. The van der Waals surface area contributed by atoms with Gasteiger partial charge < -0.3 is 9.73 Å². The van der Waals surface area contributed by atoms with E-state index in [0.29, 0.717) is 17.2 Å². The molecule has 2 aromatic heterocycles. The molecule has 1 aliphatic heterocycles. The first-order valence-corrected chi connectivity index (χ1v) is 6.62. The number of amides is 1. The van der Waals surface area contributed by atoms with E-state index in [0.717, 1.165) is 0 Å². The molecular formula is C12H13N5O2S. The van der Waals surface area contributed by atoms with Crippen molar-refractivity contribution in [2.24, 2.45) is 0 Å². The number of nitrogens with one attached hydrogen (secondary N) is 1. The van der Waals surface area contributed by atoms with Gasteiger partial charge in [0.05, 0.1) is 6.04 Å². The maximum absolute atomic E-state index is 12.1. The summed E-state index contributed by atoms with van der Waals surface area (Å²) in [5.41, 5.74) is 0.660. The average molecular weight is 291 g/mol. The monoisotopic (exact) mass is 291 g/mol. The van der Waals surface area contributed by atoms with Crippen LogP contribution < -0.4 is 5.32 Å². The second kappa shape index (κ2) is 4.48. The molecule has 1 aliphatic rings. The number of hydrogen-bond donors (Lipinski definition) is 1. The van der Waals surface area contributed by atoms with Crippen LogP contribution >= 0.6 is 12.2 Å². The molecule has 0 aromatic carbocycles. The van der Waals surface area contributed by atoms with E-state index < -0.39 is 5.92 Å². The fourth-order valence-corrected chi connectivity index (χ4v) is 2.45. The number of carbonyl (C=O) groups is 1. The summed E-state index contributed by atoms with van der Waals surface area (Å²) in [6.45, 7) is 5.65. The Hall–Kier alpha value is -2.09. The quantitative estimate of drug-likeness (QED) is 0.851. The molecule has 3 heterocycles. The van der Waals surface area contributed by atoms with Gasteiger partial charge in [0.15, 0.2) is 0 Å². The van der Waals surface area contributed by atoms with Gasteiger partial charge in [0, 0.05) is 11.8 Å². The molecule has 20 heavy (non-hydrogen) atoms. The van der Waals surface area contributed by atoms with Crippen molar-refractivity contribution in [2.45, 2.75) is 32.7 Å². The largest absolute Gasteiger partial charge is 0.413 e. The van der Waals surface area contributed by atoms with Crippen LogP contribution in [0.2, 0.25) is 0 Å². The maximum atomic E-state index is 12.1. The molecule has 1 unspecified atom stereocenters. The number of carbonyl (C=O) groups excluding carboxylic acids is 1. The molecule has 8 heteroatoms. The van der Waals surface area contributed by atoms with Gasteiger partial charge in [-0.3, -0.25) is 4.79 Å². The first-order valence-electron chi connectivity index (χ1n) is 6.21. The summed E-state index contributed by atoms with van der Waals surface area (Å²) in [7, 11) is 0. The van der Waals surface area contributed by atoms with E-state index in [4.69, 9.17) is 16.6 Å². The van der Waals surface area contributed by atoms with Crippen molar-refractivity contribution in [1.29, 1.82) is 0 Å². The van der Waals surface area contributed by atoms with Gasteiger partial charge in [0.2, 0.25) is 11.8 Å². The fourth-order valence-electron chi connectivity index (χ4n) is 2.11. The van der Waals surface area contributed by atoms with Crippen molar-refractivity contribution in [3.8, 4) is 0 Å². The number of aromatic nitrogens is 4. The van der Waals surface area contributed by atoms with Gasteiger partial charge in [-0.2, -0.15) is 0 Å². The van der Waals surface area contributed by atoms with Crippen LogP contribution in [0.1, 0.15) is 43.1 Å². The van der Waals surface area contributed by atoms with E-state index in [2.05, 4.69) is 20.4 Å². The number of anilines is 1. The van der Waals surface area contributed by atoms with Crippen LogP contribution in [0.5, 0.6) is 0 Å². The van der Waals surface area contributed by atoms with Crippen molar-refractivity contribution in [3.05, 3.63) is 28.3 Å². The molecule has 0 spiro atoms. The Morgan fingerprint density at radius 3 is 2.90 bits per heavy atom. The summed E-state index contributed by atoms with van der Waals surface area (Å²) < 4.78 is 7.04. The standard InChI is InChI=1S/C12H13N5O2S/c1-5(2)17-12(20)19-11(16-17)8-7-4-13-6(3)14-9(7)15-10(8)18/h4-5,8H,1-3H3,(H,13,14,15,18). The molecule has 1 atom stereocenters. The third kappa shape index (κ3) is 1.92. The molecule has 2 aromatic rings. The number of fused-ring (bicyclic) bond motifs is 1. The normalized spacial score (nSPS) is 17.4. The molecule has 3 rings (SSSR count). The van der Waals surface area contributed by atoms with Crippen LogP contribution in [0.15, 0.2) is 10.6 Å². The van der Waals surface area contributed by atoms with Crippen LogP contribution in [-0.4, -0.2) is 25.7 Å². The molecular weight excluding hydrogens is 278 g/mol. The lowest BCUT2D eigenvalue weighted by Crippen LogP contribution is -2.14. The molecule has 0 saturated carbocycles. The van der Waals surface area contributed by atoms with Crippen molar-refractivity contribution in [3.63, 3.8) is 0 Å². The first-order chi connectivity index (χ1) is 9.47. The van der Waals surface area contributed by atoms with Crippen molar-refractivity contribution in [2.75, 3.05) is 5.32 Å². The second-order valence-corrected chi connectivity index (χ2v) is 5.24. The number of rotatable bonds is 2. The minimum atomic E-state index is -0.646. The number of nitrogens with zero attached hydrogens (tertiary/aromatic N) is 4. The van der Waals surface area contributed by atoms with Gasteiger partial charge in [-0.25, -0.2) is 14.6 Å². The highest BCUT2D eigenvalue weighted by Gasteiger charge is 2.37. The zero-order chi connectivity index (χ0) is 14.4. The highest BCUT2D eigenvalue weighted by Crippen LogP contribution is 2.34. The molecule has 1 N–H and O–H groups in total. The molecule has 1 amide bonds. The van der Waals surface area contributed by atoms with E-state index in [-0.39, 0.29) is 22.7 Å². The summed E-state index contributed by atoms with van der Waals surface area (Å²) in [5, 5.41) is 7.00. The highest BCUT2D eigenvalue weighted by atomic mass is 32.1. The minimum absolute atomic E-state index is 0.0678. The lowest BCUT2D eigenvalue weighted by molar-refractivity contribution is -0.116. The van der Waals surface area contributed by atoms with E-state index in [1.54, 1.807) is 17.8 Å². The highest BCUT2D eigenvalue weighted by molar-refractivity contribution is 7.71. The fraction of sp³-hybridized carbons (Fsp3) is 0.417. The van der Waals surface area contributed by atoms with Gasteiger partial charge in [-0.15, -0.1) is 5.10 Å². The lowest BCUT2D eigenvalue weighted by atomic mass is 10.0. The zero-order valence-electron chi connectivity index (χ0n) is 11.2. The summed E-state index contributed by atoms with van der Waals surface area (Å²) in [6, 6.07) is 0.0678. The minimum Gasteiger partial charge on any atom is -0.413 e. The van der Waals surface area contributed by atoms with Gasteiger partial charge in [-0.05, 0) is 33.0 Å². The Morgan fingerprint density at radius 1 is 1.50 bits per heavy atom. The first kappa shape index (κ1) is 12.9. The van der Waals surface area contributed by atoms with Crippen molar-refractivity contribution < 1.29 is 9.21 Å². The Balaban J connectivity index is 2.10. The van der Waals surface area contributed by atoms with Gasteiger partial charge in [-0.1, -0.05) is 0 Å². The predicted molar refractivity (Wildman–Crippen MR) is 73.0 cm³/mol. The second-order valence-electron chi connectivity index (χ2n) is 4.89. The maximum Gasteiger partial charge on any atom is 0.287 e. The Bertz CT molecular complexity index is 749. The van der Waals surface area contributed by atoms with Gasteiger partial charge in [0.1, 0.15) is 17.6 Å². The summed E-state index contributed by atoms with van der Waals surface area (Å²) in [6.07, 6.45) is 1.62. The van der Waals surface area contributed by atoms with Crippen LogP contribution in [0.3, 0.4) is 0 Å². The summed E-state index contributed by atoms with van der Waals surface area (Å²) in [5.74, 6) is 0.498. The van der Waals surface area contributed by atoms with Crippen LogP contribution in [-0.2, 0) is 4.79 Å². The Kier molecular flexibility index (Phi) is 2.89. The van der Waals surface area contributed by atoms with Crippen molar-refractivity contribution >= 4 is 23.9 Å². The lowest BCUT2D eigenvalue weighted by Gasteiger charge is -2.03. The molecule has 7 nitrogen and oxygen atoms in total. The van der Waals surface area contributed by atoms with E-state index in [9.17, 15) is 4.79 Å². The average Bonchev–Trinajstić information content (AvgIpc) is 2.88. The Morgan fingerprint density at radius 2 is 2.25 bits per heavy atom. The number of aryl methyl sites for hydroxylation is 1. The van der Waals surface area contributed by atoms with Crippen LogP contribution in [0.4, 0.5) is 5.82 Å². The van der Waals surface area contributed by atoms with Crippen molar-refractivity contribution in [1.82, 2.24) is 19.7 Å². The molecule has 0 bridgehead atoms. The molecule has 0 radical (unpaired) electrons. The summed E-state index contributed by atoms with van der Waals surface area (Å²) in [4.78, 5) is 20.7. The molecule has 104 valence electrons. The summed E-state index contributed by atoms with van der Waals surface area (Å²) >= 11 is 5.11. The van der Waals surface area contributed by atoms with E-state index in [1.165, 1.54) is 0 Å². The van der Waals surface area contributed by atoms with Gasteiger partial charge in [0.25, 0.3) is 4.84 Å². The molecule has 0 saturated heterocycles. The molecule has 0 aliphatic carbocycles. The van der Waals surface area contributed by atoms with E-state index in [1.807, 2.05) is 13.8 Å². The smallest absolute Gasteiger partial charge is 0.287 e. The van der Waals surface area contributed by atoms with E-state index >= 15 is 0 Å². The molecule has 0 fully saturated rings. The third-order valence-corrected chi connectivity index (χ3v) is 3.34. The van der Waals surface area contributed by atoms with Crippen LogP contribution in [0.25, 0.3) is 0 Å². The van der Waals surface area contributed by atoms with Gasteiger partial charge >= 0.3 is 0 Å². The zero-order valence-corrected chi connectivity index (χ0v) is 12.1. The predicted octanol–water partition coefficient (Wildman–Crippen LogP) is 1.97. The third-order valence-electron chi connectivity index (χ3n) is 3.07. The van der Waals surface area contributed by atoms with Crippen LogP contribution in [0, 0.1) is 11.8 Å². The topological polar surface area (TPSA) is 85.8 Å².